The number of aromatic nitrogens is 1. The molecule has 1 aromatic carbocycles. The standard InChI is InChI=1S/C22H22F4N4O3S/c1-14-3-2-4-17(28-14)11-34(32,33)12-18(20(31)30-21(13-27)9-10-21)29-19(22(24,25)26)15-5-7-16(23)8-6-15/h2-8,18-19,29H,9-12H2,1H3,(H,30,31)/t18?,19-/m1/s1. The van der Waals surface area contributed by atoms with Gasteiger partial charge in [-0.25, -0.2) is 12.8 Å². The van der Waals surface area contributed by atoms with Gasteiger partial charge in [-0.05, 0) is 49.6 Å². The van der Waals surface area contributed by atoms with E-state index in [0.29, 0.717) is 18.5 Å². The largest absolute Gasteiger partial charge is 0.407 e. The Morgan fingerprint density at radius 2 is 1.85 bits per heavy atom. The van der Waals surface area contributed by atoms with E-state index in [2.05, 4.69) is 15.6 Å². The van der Waals surface area contributed by atoms with Crippen LogP contribution in [-0.4, -0.2) is 42.8 Å². The normalized spacial score (nSPS) is 16.8. The number of aryl methyl sites for hydroxylation is 1. The Kier molecular flexibility index (Phi) is 7.28. The second-order valence-electron chi connectivity index (χ2n) is 8.25. The number of hydrogen-bond acceptors (Lipinski definition) is 6. The SMILES string of the molecule is Cc1cccc(CS(=O)(=O)CC(N[C@H](c2ccc(F)cc2)C(F)(F)F)C(=O)NC2(C#N)CC2)n1. The molecule has 1 unspecified atom stereocenters. The summed E-state index contributed by atoms with van der Waals surface area (Å²) in [6.45, 7) is 1.65. The van der Waals surface area contributed by atoms with E-state index in [4.69, 9.17) is 0 Å². The highest BCUT2D eigenvalue weighted by molar-refractivity contribution is 7.90. The number of nitriles is 1. The number of nitrogens with one attached hydrogen (secondary N) is 2. The van der Waals surface area contributed by atoms with Crippen LogP contribution in [0.4, 0.5) is 17.6 Å². The van der Waals surface area contributed by atoms with E-state index < -0.39 is 62.4 Å². The Bertz CT molecular complexity index is 1190. The van der Waals surface area contributed by atoms with E-state index in [0.717, 1.165) is 24.3 Å². The van der Waals surface area contributed by atoms with Gasteiger partial charge in [0.15, 0.2) is 9.84 Å². The number of sulfone groups is 1. The van der Waals surface area contributed by atoms with Crippen LogP contribution in [0, 0.1) is 24.1 Å². The van der Waals surface area contributed by atoms with Crippen molar-refractivity contribution in [2.45, 2.75) is 49.3 Å². The van der Waals surface area contributed by atoms with Gasteiger partial charge < -0.3 is 5.32 Å². The van der Waals surface area contributed by atoms with Gasteiger partial charge in [0.1, 0.15) is 23.4 Å². The van der Waals surface area contributed by atoms with Gasteiger partial charge in [0.25, 0.3) is 0 Å². The summed E-state index contributed by atoms with van der Waals surface area (Å²) in [5, 5.41) is 13.7. The average Bonchev–Trinajstić information content (AvgIpc) is 3.50. The second kappa shape index (κ2) is 9.68. The number of carbonyl (C=O) groups excluding carboxylic acids is 1. The van der Waals surface area contributed by atoms with Crippen LogP contribution in [0.2, 0.25) is 0 Å². The van der Waals surface area contributed by atoms with E-state index in [-0.39, 0.29) is 5.69 Å². The average molecular weight is 499 g/mol. The summed E-state index contributed by atoms with van der Waals surface area (Å²) >= 11 is 0. The predicted molar refractivity (Wildman–Crippen MR) is 114 cm³/mol. The topological polar surface area (TPSA) is 112 Å². The molecule has 1 fully saturated rings. The van der Waals surface area contributed by atoms with E-state index in [1.165, 1.54) is 6.07 Å². The quantitative estimate of drug-likeness (QED) is 0.515. The second-order valence-corrected chi connectivity index (χ2v) is 10.4. The Hall–Kier alpha value is -3.04. The minimum Gasteiger partial charge on any atom is -0.336 e. The number of nitrogens with zero attached hydrogens (tertiary/aromatic N) is 2. The van der Waals surface area contributed by atoms with Crippen LogP contribution in [0.1, 0.15) is 35.8 Å². The van der Waals surface area contributed by atoms with Crippen molar-refractivity contribution in [2.75, 3.05) is 5.75 Å². The van der Waals surface area contributed by atoms with Crippen LogP contribution in [0.3, 0.4) is 0 Å². The first-order valence-electron chi connectivity index (χ1n) is 10.3. The van der Waals surface area contributed by atoms with Gasteiger partial charge in [-0.15, -0.1) is 0 Å². The van der Waals surface area contributed by atoms with Crippen LogP contribution in [0.15, 0.2) is 42.5 Å². The summed E-state index contributed by atoms with van der Waals surface area (Å²) in [6, 6.07) is 5.77. The molecule has 2 N–H and O–H groups in total. The first kappa shape index (κ1) is 25.6. The Labute approximate surface area is 194 Å². The van der Waals surface area contributed by atoms with Crippen molar-refractivity contribution in [2.24, 2.45) is 0 Å². The number of alkyl halides is 3. The lowest BCUT2D eigenvalue weighted by atomic mass is 10.0. The maximum atomic E-state index is 13.9. The lowest BCUT2D eigenvalue weighted by molar-refractivity contribution is -0.160. The third kappa shape index (κ3) is 6.74. The van der Waals surface area contributed by atoms with Crippen LogP contribution in [0.5, 0.6) is 0 Å². The third-order valence-electron chi connectivity index (χ3n) is 5.28. The maximum Gasteiger partial charge on any atom is 0.407 e. The Morgan fingerprint density at radius 1 is 1.21 bits per heavy atom. The lowest BCUT2D eigenvalue weighted by Crippen LogP contribution is -2.54. The van der Waals surface area contributed by atoms with Crippen molar-refractivity contribution in [3.05, 3.63) is 65.2 Å². The highest BCUT2D eigenvalue weighted by atomic mass is 32.2. The Balaban J connectivity index is 1.89. The van der Waals surface area contributed by atoms with Crippen molar-refractivity contribution in [1.82, 2.24) is 15.6 Å². The molecule has 1 aromatic heterocycles. The maximum absolute atomic E-state index is 13.9. The van der Waals surface area contributed by atoms with Crippen molar-refractivity contribution < 1.29 is 30.8 Å². The van der Waals surface area contributed by atoms with Gasteiger partial charge in [0.05, 0.1) is 23.3 Å². The number of benzene rings is 1. The molecule has 1 aliphatic rings. The fraction of sp³-hybridized carbons (Fsp3) is 0.409. The molecule has 1 heterocycles. The molecule has 7 nitrogen and oxygen atoms in total. The molecule has 12 heteroatoms. The van der Waals surface area contributed by atoms with Gasteiger partial charge in [0.2, 0.25) is 5.91 Å². The molecule has 0 radical (unpaired) electrons. The minimum absolute atomic E-state index is 0.181. The van der Waals surface area contributed by atoms with Gasteiger partial charge in [-0.2, -0.15) is 18.4 Å². The van der Waals surface area contributed by atoms with Crippen molar-refractivity contribution in [3.8, 4) is 6.07 Å². The molecule has 1 aliphatic carbocycles. The summed E-state index contributed by atoms with van der Waals surface area (Å²) in [6.07, 6.45) is -4.31. The summed E-state index contributed by atoms with van der Waals surface area (Å²) in [5.74, 6) is -3.35. The van der Waals surface area contributed by atoms with Crippen molar-refractivity contribution in [3.63, 3.8) is 0 Å². The summed E-state index contributed by atoms with van der Waals surface area (Å²) in [4.78, 5) is 16.9. The fourth-order valence-electron chi connectivity index (χ4n) is 3.37. The number of amides is 1. The predicted octanol–water partition coefficient (Wildman–Crippen LogP) is 2.88. The number of halogens is 4. The van der Waals surface area contributed by atoms with E-state index >= 15 is 0 Å². The van der Waals surface area contributed by atoms with Crippen molar-refractivity contribution in [1.29, 1.82) is 5.26 Å². The van der Waals surface area contributed by atoms with Crippen LogP contribution < -0.4 is 10.6 Å². The lowest BCUT2D eigenvalue weighted by Gasteiger charge is -2.28. The monoisotopic (exact) mass is 498 g/mol. The zero-order chi connectivity index (χ0) is 25.1. The smallest absolute Gasteiger partial charge is 0.336 e. The summed E-state index contributed by atoms with van der Waals surface area (Å²) in [5.41, 5.74) is -0.882. The molecule has 0 spiro atoms. The van der Waals surface area contributed by atoms with Gasteiger partial charge in [-0.3, -0.25) is 15.1 Å². The molecule has 1 saturated carbocycles. The number of rotatable bonds is 9. The molecule has 3 rings (SSSR count). The summed E-state index contributed by atoms with van der Waals surface area (Å²) in [7, 11) is -4.11. The number of pyridine rings is 1. The molecular formula is C22H22F4N4O3S. The molecule has 1 amide bonds. The van der Waals surface area contributed by atoms with E-state index in [1.807, 2.05) is 6.07 Å². The number of carbonyl (C=O) groups is 1. The number of hydrogen-bond donors (Lipinski definition) is 2. The summed E-state index contributed by atoms with van der Waals surface area (Å²) < 4.78 is 80.5. The highest BCUT2D eigenvalue weighted by Crippen LogP contribution is 2.35. The first-order valence-corrected chi connectivity index (χ1v) is 12.1. The van der Waals surface area contributed by atoms with Crippen molar-refractivity contribution >= 4 is 15.7 Å². The van der Waals surface area contributed by atoms with E-state index in [1.54, 1.807) is 19.1 Å². The molecule has 2 atom stereocenters. The highest BCUT2D eigenvalue weighted by Gasteiger charge is 2.48. The molecule has 0 saturated heterocycles. The molecule has 182 valence electrons. The molecule has 2 aromatic rings. The molecular weight excluding hydrogens is 476 g/mol. The zero-order valence-corrected chi connectivity index (χ0v) is 18.9. The fourth-order valence-corrected chi connectivity index (χ4v) is 4.85. The minimum atomic E-state index is -4.93. The van der Waals surface area contributed by atoms with Crippen LogP contribution >= 0.6 is 0 Å². The Morgan fingerprint density at radius 3 is 2.38 bits per heavy atom. The van der Waals surface area contributed by atoms with Gasteiger partial charge in [0, 0.05) is 5.69 Å². The first-order chi connectivity index (χ1) is 15.8. The molecule has 0 aliphatic heterocycles. The third-order valence-corrected chi connectivity index (χ3v) is 6.85. The van der Waals surface area contributed by atoms with E-state index in [9.17, 15) is 36.0 Å². The molecule has 34 heavy (non-hydrogen) atoms. The van der Waals surface area contributed by atoms with Crippen LogP contribution in [-0.2, 0) is 20.4 Å². The van der Waals surface area contributed by atoms with Gasteiger partial charge in [-0.1, -0.05) is 18.2 Å². The van der Waals surface area contributed by atoms with Crippen LogP contribution in [0.25, 0.3) is 0 Å². The molecule has 0 bridgehead atoms. The van der Waals surface area contributed by atoms with Gasteiger partial charge >= 0.3 is 6.18 Å². The zero-order valence-electron chi connectivity index (χ0n) is 18.1.